The van der Waals surface area contributed by atoms with Crippen LogP contribution in [0, 0.1) is 0 Å². The van der Waals surface area contributed by atoms with Crippen molar-refractivity contribution in [1.29, 1.82) is 0 Å². The Kier molecular flexibility index (Phi) is 3.49. The smallest absolute Gasteiger partial charge is 0.0429 e. The van der Waals surface area contributed by atoms with Crippen molar-refractivity contribution in [3.63, 3.8) is 0 Å². The molecule has 15 heavy (non-hydrogen) atoms. The number of anilines is 1. The van der Waals surface area contributed by atoms with Crippen LogP contribution in [0.25, 0.3) is 0 Å². The highest BCUT2D eigenvalue weighted by molar-refractivity contribution is 6.30. The Morgan fingerprint density at radius 2 is 2.20 bits per heavy atom. The van der Waals surface area contributed by atoms with Crippen molar-refractivity contribution in [3.05, 3.63) is 28.8 Å². The summed E-state index contributed by atoms with van der Waals surface area (Å²) in [5.41, 5.74) is 7.75. The van der Waals surface area contributed by atoms with Gasteiger partial charge in [-0.2, -0.15) is 0 Å². The minimum Gasteiger partial charge on any atom is -0.399 e. The maximum atomic E-state index is 5.97. The van der Waals surface area contributed by atoms with Crippen LogP contribution in [0.3, 0.4) is 0 Å². The predicted octanol–water partition coefficient (Wildman–Crippen LogP) is 2.61. The van der Waals surface area contributed by atoms with Gasteiger partial charge in [-0.05, 0) is 49.6 Å². The van der Waals surface area contributed by atoms with Gasteiger partial charge in [0.2, 0.25) is 0 Å². The van der Waals surface area contributed by atoms with Gasteiger partial charge in [-0.25, -0.2) is 0 Å². The number of piperidine rings is 1. The first-order valence-corrected chi connectivity index (χ1v) is 5.90. The van der Waals surface area contributed by atoms with Gasteiger partial charge < -0.3 is 11.1 Å². The lowest BCUT2D eigenvalue weighted by atomic mass is 9.97. The third-order valence-corrected chi connectivity index (χ3v) is 3.09. The second kappa shape index (κ2) is 4.86. The highest BCUT2D eigenvalue weighted by atomic mass is 35.5. The van der Waals surface area contributed by atoms with Crippen molar-refractivity contribution < 1.29 is 0 Å². The van der Waals surface area contributed by atoms with E-state index in [2.05, 4.69) is 5.32 Å². The molecule has 0 radical (unpaired) electrons. The van der Waals surface area contributed by atoms with E-state index < -0.39 is 0 Å². The molecule has 0 spiro atoms. The van der Waals surface area contributed by atoms with Crippen molar-refractivity contribution in [1.82, 2.24) is 5.32 Å². The highest BCUT2D eigenvalue weighted by Gasteiger charge is 2.13. The predicted molar refractivity (Wildman–Crippen MR) is 65.2 cm³/mol. The quantitative estimate of drug-likeness (QED) is 0.758. The topological polar surface area (TPSA) is 38.0 Å². The molecule has 0 bridgehead atoms. The maximum absolute atomic E-state index is 5.97. The summed E-state index contributed by atoms with van der Waals surface area (Å²) in [6.45, 7) is 1.14. The molecule has 0 amide bonds. The van der Waals surface area contributed by atoms with Crippen molar-refractivity contribution in [2.24, 2.45) is 0 Å². The number of nitrogens with one attached hydrogen (secondary N) is 1. The molecule has 82 valence electrons. The van der Waals surface area contributed by atoms with Crippen molar-refractivity contribution in [2.45, 2.75) is 31.7 Å². The first kappa shape index (κ1) is 10.8. The van der Waals surface area contributed by atoms with Crippen LogP contribution in [-0.2, 0) is 6.42 Å². The average molecular weight is 225 g/mol. The third-order valence-electron chi connectivity index (χ3n) is 2.87. The Bertz CT molecular complexity index is 312. The van der Waals surface area contributed by atoms with Crippen LogP contribution in [0.2, 0.25) is 5.02 Å². The number of halogens is 1. The number of benzene rings is 1. The van der Waals surface area contributed by atoms with Crippen LogP contribution in [0.5, 0.6) is 0 Å². The van der Waals surface area contributed by atoms with Gasteiger partial charge in [-0.15, -0.1) is 0 Å². The summed E-state index contributed by atoms with van der Waals surface area (Å²) in [5, 5.41) is 4.26. The van der Waals surface area contributed by atoms with Gasteiger partial charge in [0.05, 0.1) is 0 Å². The first-order chi connectivity index (χ1) is 7.24. The number of nitrogen functional groups attached to an aromatic ring is 1. The molecule has 3 N–H and O–H groups in total. The molecule has 3 heteroatoms. The largest absolute Gasteiger partial charge is 0.399 e. The Morgan fingerprint density at radius 3 is 2.87 bits per heavy atom. The third kappa shape index (κ3) is 3.11. The van der Waals surface area contributed by atoms with Gasteiger partial charge in [-0.1, -0.05) is 18.0 Å². The lowest BCUT2D eigenvalue weighted by Crippen LogP contribution is -2.35. The molecule has 1 heterocycles. The van der Waals surface area contributed by atoms with Crippen LogP contribution in [0.15, 0.2) is 18.2 Å². The summed E-state index contributed by atoms with van der Waals surface area (Å²) in [7, 11) is 0. The fourth-order valence-corrected chi connectivity index (χ4v) is 2.44. The van der Waals surface area contributed by atoms with E-state index in [1.54, 1.807) is 6.07 Å². The van der Waals surface area contributed by atoms with Gasteiger partial charge in [0.1, 0.15) is 0 Å². The van der Waals surface area contributed by atoms with Crippen LogP contribution in [0.4, 0.5) is 5.69 Å². The molecule has 0 saturated carbocycles. The summed E-state index contributed by atoms with van der Waals surface area (Å²) in [6.07, 6.45) is 4.92. The van der Waals surface area contributed by atoms with E-state index in [4.69, 9.17) is 17.3 Å². The fourth-order valence-electron chi connectivity index (χ4n) is 2.18. The van der Waals surface area contributed by atoms with Crippen LogP contribution < -0.4 is 11.1 Å². The molecule has 2 rings (SSSR count). The molecular formula is C12H17ClN2. The summed E-state index contributed by atoms with van der Waals surface area (Å²) >= 11 is 5.97. The van der Waals surface area contributed by atoms with Gasteiger partial charge in [-0.3, -0.25) is 0 Å². The van der Waals surface area contributed by atoms with E-state index in [9.17, 15) is 0 Å². The highest BCUT2D eigenvalue weighted by Crippen LogP contribution is 2.19. The molecule has 1 atom stereocenters. The standard InChI is InChI=1S/C12H17ClN2/c13-10-5-9(6-11(14)8-10)7-12-3-1-2-4-15-12/h5-6,8,12,15H,1-4,7,14H2. The van der Waals surface area contributed by atoms with Crippen molar-refractivity contribution >= 4 is 17.3 Å². The van der Waals surface area contributed by atoms with E-state index in [1.807, 2.05) is 12.1 Å². The monoisotopic (exact) mass is 224 g/mol. The summed E-state index contributed by atoms with van der Waals surface area (Å²) in [4.78, 5) is 0. The first-order valence-electron chi connectivity index (χ1n) is 5.52. The zero-order valence-corrected chi connectivity index (χ0v) is 9.56. The zero-order chi connectivity index (χ0) is 10.7. The molecule has 1 aliphatic heterocycles. The Balaban J connectivity index is 2.02. The van der Waals surface area contributed by atoms with Gasteiger partial charge in [0.25, 0.3) is 0 Å². The minimum absolute atomic E-state index is 0.594. The Labute approximate surface area is 95.8 Å². The minimum atomic E-state index is 0.594. The molecule has 1 unspecified atom stereocenters. The molecule has 0 aromatic heterocycles. The van der Waals surface area contributed by atoms with E-state index in [-0.39, 0.29) is 0 Å². The molecule has 1 fully saturated rings. The second-order valence-electron chi connectivity index (χ2n) is 4.24. The average Bonchev–Trinajstić information content (AvgIpc) is 2.17. The molecule has 1 saturated heterocycles. The number of rotatable bonds is 2. The zero-order valence-electron chi connectivity index (χ0n) is 8.80. The Hall–Kier alpha value is -0.730. The summed E-state index contributed by atoms with van der Waals surface area (Å²) < 4.78 is 0. The number of nitrogens with two attached hydrogens (primary N) is 1. The molecule has 1 aliphatic rings. The van der Waals surface area contributed by atoms with Crippen LogP contribution in [0.1, 0.15) is 24.8 Å². The van der Waals surface area contributed by atoms with Gasteiger partial charge >= 0.3 is 0 Å². The lowest BCUT2D eigenvalue weighted by Gasteiger charge is -2.23. The van der Waals surface area contributed by atoms with Gasteiger partial charge in [0, 0.05) is 16.8 Å². The number of hydrogen-bond acceptors (Lipinski definition) is 2. The van der Waals surface area contributed by atoms with E-state index >= 15 is 0 Å². The maximum Gasteiger partial charge on any atom is 0.0429 e. The molecule has 1 aromatic carbocycles. The van der Waals surface area contributed by atoms with E-state index in [0.717, 1.165) is 23.7 Å². The van der Waals surface area contributed by atoms with E-state index in [0.29, 0.717) is 6.04 Å². The molecule has 0 aliphatic carbocycles. The Morgan fingerprint density at radius 1 is 1.33 bits per heavy atom. The van der Waals surface area contributed by atoms with E-state index in [1.165, 1.54) is 24.8 Å². The summed E-state index contributed by atoms with van der Waals surface area (Å²) in [6, 6.07) is 6.41. The van der Waals surface area contributed by atoms with Crippen molar-refractivity contribution in [3.8, 4) is 0 Å². The normalized spacial score (nSPS) is 21.5. The molecular weight excluding hydrogens is 208 g/mol. The SMILES string of the molecule is Nc1cc(Cl)cc(CC2CCCCN2)c1. The molecule has 2 nitrogen and oxygen atoms in total. The van der Waals surface area contributed by atoms with Crippen LogP contribution >= 0.6 is 11.6 Å². The van der Waals surface area contributed by atoms with Gasteiger partial charge in [0.15, 0.2) is 0 Å². The summed E-state index contributed by atoms with van der Waals surface area (Å²) in [5.74, 6) is 0. The fraction of sp³-hybridized carbons (Fsp3) is 0.500. The van der Waals surface area contributed by atoms with Crippen LogP contribution in [-0.4, -0.2) is 12.6 Å². The lowest BCUT2D eigenvalue weighted by molar-refractivity contribution is 0.399. The second-order valence-corrected chi connectivity index (χ2v) is 4.68. The van der Waals surface area contributed by atoms with Crippen molar-refractivity contribution in [2.75, 3.05) is 12.3 Å². The number of hydrogen-bond donors (Lipinski definition) is 2. The molecule has 1 aromatic rings.